The molecule has 78 valence electrons. The Morgan fingerprint density at radius 1 is 1.50 bits per heavy atom. The van der Waals surface area contributed by atoms with Crippen molar-refractivity contribution in [3.8, 4) is 0 Å². The first-order valence-corrected chi connectivity index (χ1v) is 5.75. The molecule has 14 heavy (non-hydrogen) atoms. The molecule has 0 bridgehead atoms. The third kappa shape index (κ3) is 3.68. The van der Waals surface area contributed by atoms with Gasteiger partial charge in [-0.2, -0.15) is 0 Å². The molecular weight excluding hydrogens is 240 g/mol. The Morgan fingerprint density at radius 3 is 2.86 bits per heavy atom. The molecule has 0 heterocycles. The van der Waals surface area contributed by atoms with Crippen LogP contribution < -0.4 is 11.1 Å². The van der Waals surface area contributed by atoms with Crippen LogP contribution in [0.5, 0.6) is 0 Å². The molecule has 0 aliphatic rings. The van der Waals surface area contributed by atoms with Gasteiger partial charge >= 0.3 is 0 Å². The summed E-state index contributed by atoms with van der Waals surface area (Å²) in [5, 5.41) is 3.38. The van der Waals surface area contributed by atoms with Crippen LogP contribution in [0.15, 0.2) is 28.7 Å². The van der Waals surface area contributed by atoms with Crippen molar-refractivity contribution >= 4 is 21.6 Å². The molecule has 0 aliphatic carbocycles. The molecule has 0 amide bonds. The molecule has 0 spiro atoms. The second-order valence-electron chi connectivity index (χ2n) is 3.40. The third-order valence-electron chi connectivity index (χ3n) is 2.33. The van der Waals surface area contributed by atoms with Crippen LogP contribution in [-0.2, 0) is 0 Å². The van der Waals surface area contributed by atoms with E-state index in [9.17, 15) is 0 Å². The minimum atomic E-state index is 0.564. The van der Waals surface area contributed by atoms with Crippen molar-refractivity contribution in [1.29, 1.82) is 0 Å². The van der Waals surface area contributed by atoms with Crippen LogP contribution in [0.1, 0.15) is 13.3 Å². The number of hydrogen-bond donors (Lipinski definition) is 2. The maximum absolute atomic E-state index is 5.63. The van der Waals surface area contributed by atoms with Gasteiger partial charge in [0.15, 0.2) is 0 Å². The first kappa shape index (κ1) is 11.5. The Morgan fingerprint density at radius 2 is 2.29 bits per heavy atom. The SMILES string of the molecule is CCC(CN)CNc1cccc(Br)c1. The van der Waals surface area contributed by atoms with Crippen molar-refractivity contribution < 1.29 is 0 Å². The van der Waals surface area contributed by atoms with Crippen LogP contribution in [0.3, 0.4) is 0 Å². The Kier molecular flexibility index (Phi) is 4.98. The Bertz CT molecular complexity index is 272. The summed E-state index contributed by atoms with van der Waals surface area (Å²) in [6, 6.07) is 8.18. The Balaban J connectivity index is 2.44. The van der Waals surface area contributed by atoms with Crippen LogP contribution in [0.25, 0.3) is 0 Å². The first-order chi connectivity index (χ1) is 6.76. The highest BCUT2D eigenvalue weighted by Crippen LogP contribution is 2.16. The van der Waals surface area contributed by atoms with Gasteiger partial charge in [0.25, 0.3) is 0 Å². The molecule has 3 N–H and O–H groups in total. The molecule has 1 unspecified atom stereocenters. The van der Waals surface area contributed by atoms with Crippen LogP contribution in [-0.4, -0.2) is 13.1 Å². The summed E-state index contributed by atoms with van der Waals surface area (Å²) in [6.07, 6.45) is 1.12. The predicted octanol–water partition coefficient (Wildman–Crippen LogP) is 2.85. The summed E-state index contributed by atoms with van der Waals surface area (Å²) < 4.78 is 1.10. The minimum Gasteiger partial charge on any atom is -0.385 e. The number of nitrogens with one attached hydrogen (secondary N) is 1. The molecule has 3 heteroatoms. The summed E-state index contributed by atoms with van der Waals surface area (Å²) in [5.74, 6) is 0.564. The fraction of sp³-hybridized carbons (Fsp3) is 0.455. The highest BCUT2D eigenvalue weighted by atomic mass is 79.9. The molecule has 0 aromatic heterocycles. The van der Waals surface area contributed by atoms with Crippen LogP contribution in [0.4, 0.5) is 5.69 Å². The second-order valence-corrected chi connectivity index (χ2v) is 4.32. The summed E-state index contributed by atoms with van der Waals surface area (Å²) >= 11 is 3.44. The highest BCUT2D eigenvalue weighted by molar-refractivity contribution is 9.10. The molecule has 1 rings (SSSR count). The quantitative estimate of drug-likeness (QED) is 0.851. The molecule has 0 aliphatic heterocycles. The smallest absolute Gasteiger partial charge is 0.0351 e. The van der Waals surface area contributed by atoms with E-state index in [0.717, 1.165) is 29.7 Å². The first-order valence-electron chi connectivity index (χ1n) is 4.95. The molecule has 1 atom stereocenters. The zero-order valence-electron chi connectivity index (χ0n) is 8.46. The topological polar surface area (TPSA) is 38.0 Å². The van der Waals surface area contributed by atoms with Gasteiger partial charge in [-0.1, -0.05) is 35.3 Å². The highest BCUT2D eigenvalue weighted by Gasteiger charge is 2.02. The lowest BCUT2D eigenvalue weighted by Gasteiger charge is -2.14. The molecule has 0 saturated heterocycles. The van der Waals surface area contributed by atoms with Crippen molar-refractivity contribution in [3.05, 3.63) is 28.7 Å². The normalized spacial score (nSPS) is 12.5. The number of rotatable bonds is 5. The number of hydrogen-bond acceptors (Lipinski definition) is 2. The van der Waals surface area contributed by atoms with Gasteiger partial charge < -0.3 is 11.1 Å². The molecule has 0 fully saturated rings. The fourth-order valence-electron chi connectivity index (χ4n) is 1.25. The predicted molar refractivity (Wildman–Crippen MR) is 65.5 cm³/mol. The van der Waals surface area contributed by atoms with E-state index >= 15 is 0 Å². The summed E-state index contributed by atoms with van der Waals surface area (Å²) in [6.45, 7) is 3.86. The largest absolute Gasteiger partial charge is 0.385 e. The van der Waals surface area contributed by atoms with E-state index < -0.39 is 0 Å². The van der Waals surface area contributed by atoms with E-state index in [4.69, 9.17) is 5.73 Å². The standard InChI is InChI=1S/C11H17BrN2/c1-2-9(7-13)8-14-11-5-3-4-10(12)6-11/h3-6,9,14H,2,7-8,13H2,1H3. The van der Waals surface area contributed by atoms with E-state index in [1.807, 2.05) is 12.1 Å². The molecule has 0 radical (unpaired) electrons. The van der Waals surface area contributed by atoms with Gasteiger partial charge in [-0.05, 0) is 30.7 Å². The number of benzene rings is 1. The van der Waals surface area contributed by atoms with Gasteiger partial charge in [-0.3, -0.25) is 0 Å². The Labute approximate surface area is 94.0 Å². The minimum absolute atomic E-state index is 0.564. The van der Waals surface area contributed by atoms with Crippen molar-refractivity contribution in [3.63, 3.8) is 0 Å². The molecule has 2 nitrogen and oxygen atoms in total. The zero-order valence-corrected chi connectivity index (χ0v) is 10.0. The lowest BCUT2D eigenvalue weighted by Crippen LogP contribution is -2.21. The van der Waals surface area contributed by atoms with Gasteiger partial charge in [0.05, 0.1) is 0 Å². The number of anilines is 1. The van der Waals surface area contributed by atoms with Gasteiger partial charge in [0, 0.05) is 16.7 Å². The van der Waals surface area contributed by atoms with Gasteiger partial charge in [-0.25, -0.2) is 0 Å². The number of halogens is 1. The van der Waals surface area contributed by atoms with Crippen LogP contribution in [0.2, 0.25) is 0 Å². The lowest BCUT2D eigenvalue weighted by molar-refractivity contribution is 0.548. The third-order valence-corrected chi connectivity index (χ3v) is 2.82. The van der Waals surface area contributed by atoms with E-state index in [1.54, 1.807) is 0 Å². The molecule has 1 aromatic rings. The Hall–Kier alpha value is -0.540. The van der Waals surface area contributed by atoms with E-state index in [0.29, 0.717) is 5.92 Å². The van der Waals surface area contributed by atoms with Crippen LogP contribution >= 0.6 is 15.9 Å². The van der Waals surface area contributed by atoms with E-state index in [1.165, 1.54) is 0 Å². The molecular formula is C11H17BrN2. The van der Waals surface area contributed by atoms with Crippen molar-refractivity contribution in [2.75, 3.05) is 18.4 Å². The summed E-state index contributed by atoms with van der Waals surface area (Å²) in [7, 11) is 0. The van der Waals surface area contributed by atoms with Gasteiger partial charge in [0.2, 0.25) is 0 Å². The molecule has 1 aromatic carbocycles. The van der Waals surface area contributed by atoms with E-state index in [2.05, 4.69) is 40.3 Å². The van der Waals surface area contributed by atoms with E-state index in [-0.39, 0.29) is 0 Å². The van der Waals surface area contributed by atoms with Gasteiger partial charge in [0.1, 0.15) is 0 Å². The van der Waals surface area contributed by atoms with Crippen molar-refractivity contribution in [1.82, 2.24) is 0 Å². The van der Waals surface area contributed by atoms with Crippen molar-refractivity contribution in [2.24, 2.45) is 11.7 Å². The summed E-state index contributed by atoms with van der Waals surface area (Å²) in [4.78, 5) is 0. The maximum Gasteiger partial charge on any atom is 0.0351 e. The van der Waals surface area contributed by atoms with Gasteiger partial charge in [-0.15, -0.1) is 0 Å². The van der Waals surface area contributed by atoms with Crippen LogP contribution in [0, 0.1) is 5.92 Å². The second kappa shape index (κ2) is 6.04. The van der Waals surface area contributed by atoms with Crippen molar-refractivity contribution in [2.45, 2.75) is 13.3 Å². The number of nitrogens with two attached hydrogens (primary N) is 1. The molecule has 0 saturated carbocycles. The monoisotopic (exact) mass is 256 g/mol. The maximum atomic E-state index is 5.63. The average molecular weight is 257 g/mol. The fourth-order valence-corrected chi connectivity index (χ4v) is 1.65. The summed E-state index contributed by atoms with van der Waals surface area (Å²) in [5.41, 5.74) is 6.77. The zero-order chi connectivity index (χ0) is 10.4. The lowest BCUT2D eigenvalue weighted by atomic mass is 10.1. The average Bonchev–Trinajstić information content (AvgIpc) is 2.19.